The minimum atomic E-state index is -0.843. The number of carbonyl (C=O) groups is 2. The topological polar surface area (TPSA) is 128 Å². The summed E-state index contributed by atoms with van der Waals surface area (Å²) in [7, 11) is 0. The van der Waals surface area contributed by atoms with Gasteiger partial charge in [-0.2, -0.15) is 0 Å². The average molecular weight is 412 g/mol. The predicted molar refractivity (Wildman–Crippen MR) is 114 cm³/mol. The number of carbonyl (C=O) groups excluding carboxylic acids is 2. The summed E-state index contributed by atoms with van der Waals surface area (Å²) >= 11 is 0. The van der Waals surface area contributed by atoms with Gasteiger partial charge >= 0.3 is 5.97 Å². The highest BCUT2D eigenvalue weighted by Gasteiger charge is 2.17. The van der Waals surface area contributed by atoms with E-state index in [-0.39, 0.29) is 11.3 Å². The van der Waals surface area contributed by atoms with Gasteiger partial charge in [0.1, 0.15) is 5.69 Å². The lowest BCUT2D eigenvalue weighted by Gasteiger charge is -2.22. The Morgan fingerprint density at radius 2 is 1.73 bits per heavy atom. The number of nitro groups is 1. The Hall–Kier alpha value is -3.62. The molecule has 9 nitrogen and oxygen atoms in total. The molecule has 0 aliphatic carbocycles. The first-order valence-electron chi connectivity index (χ1n) is 9.80. The Labute approximate surface area is 174 Å². The lowest BCUT2D eigenvalue weighted by molar-refractivity contribution is -0.383. The van der Waals surface area contributed by atoms with Gasteiger partial charge < -0.3 is 20.7 Å². The van der Waals surface area contributed by atoms with Crippen molar-refractivity contribution in [3.05, 3.63) is 58.1 Å². The lowest BCUT2D eigenvalue weighted by atomic mass is 10.2. The van der Waals surface area contributed by atoms with E-state index in [2.05, 4.69) is 10.2 Å². The van der Waals surface area contributed by atoms with Crippen LogP contribution in [0.15, 0.2) is 42.5 Å². The Bertz CT molecular complexity index is 921. The zero-order valence-corrected chi connectivity index (χ0v) is 16.5. The first-order chi connectivity index (χ1) is 14.4. The number of hydrogen-bond donors (Lipinski definition) is 2. The molecule has 2 aromatic carbocycles. The zero-order valence-electron chi connectivity index (χ0n) is 16.5. The van der Waals surface area contributed by atoms with E-state index in [1.165, 1.54) is 37.8 Å². The second kappa shape index (κ2) is 9.73. The van der Waals surface area contributed by atoms with E-state index in [9.17, 15) is 19.7 Å². The van der Waals surface area contributed by atoms with Crippen LogP contribution in [-0.2, 0) is 9.53 Å². The maximum absolute atomic E-state index is 12.1. The number of nitrogen functional groups attached to an aromatic ring is 1. The van der Waals surface area contributed by atoms with Crippen molar-refractivity contribution in [2.24, 2.45) is 0 Å². The molecule has 1 aliphatic heterocycles. The zero-order chi connectivity index (χ0) is 21.5. The number of nitrogens with one attached hydrogen (secondary N) is 1. The molecule has 1 fully saturated rings. The molecule has 30 heavy (non-hydrogen) atoms. The summed E-state index contributed by atoms with van der Waals surface area (Å²) in [6.07, 6.45) is 4.88. The number of hydrogen-bond acceptors (Lipinski definition) is 7. The molecular formula is C21H24N4O5. The molecule has 0 unspecified atom stereocenters. The number of rotatable bonds is 6. The molecule has 1 aliphatic rings. The van der Waals surface area contributed by atoms with Gasteiger partial charge in [-0.25, -0.2) is 4.79 Å². The number of nitrogens with zero attached hydrogens (tertiary/aromatic N) is 2. The highest BCUT2D eigenvalue weighted by Crippen LogP contribution is 2.23. The third kappa shape index (κ3) is 5.47. The molecule has 3 N–H and O–H groups in total. The fourth-order valence-corrected chi connectivity index (χ4v) is 3.32. The molecule has 0 spiro atoms. The smallest absolute Gasteiger partial charge is 0.338 e. The Kier molecular flexibility index (Phi) is 6.84. The van der Waals surface area contributed by atoms with Crippen LogP contribution < -0.4 is 16.0 Å². The SMILES string of the molecule is Nc1ccc(C(=O)OCC(=O)Nc2ccc(N3CCCCCC3)cc2)cc1[N+](=O)[O-]. The summed E-state index contributed by atoms with van der Waals surface area (Å²) in [6.45, 7) is 1.56. The van der Waals surface area contributed by atoms with Crippen molar-refractivity contribution in [3.8, 4) is 0 Å². The van der Waals surface area contributed by atoms with E-state index < -0.39 is 29.1 Å². The van der Waals surface area contributed by atoms with E-state index in [0.717, 1.165) is 24.8 Å². The van der Waals surface area contributed by atoms with E-state index in [1.54, 1.807) is 0 Å². The minimum Gasteiger partial charge on any atom is -0.452 e. The second-order valence-corrected chi connectivity index (χ2v) is 7.10. The molecule has 0 atom stereocenters. The normalized spacial score (nSPS) is 13.9. The maximum atomic E-state index is 12.1. The van der Waals surface area contributed by atoms with Crippen LogP contribution in [0.2, 0.25) is 0 Å². The lowest BCUT2D eigenvalue weighted by Crippen LogP contribution is -2.24. The molecule has 158 valence electrons. The van der Waals surface area contributed by atoms with Crippen LogP contribution in [0.4, 0.5) is 22.7 Å². The van der Waals surface area contributed by atoms with Crippen molar-refractivity contribution in [3.63, 3.8) is 0 Å². The van der Waals surface area contributed by atoms with Crippen molar-refractivity contribution in [1.29, 1.82) is 0 Å². The minimum absolute atomic E-state index is 0.0505. The van der Waals surface area contributed by atoms with E-state index in [0.29, 0.717) is 5.69 Å². The Balaban J connectivity index is 1.52. The van der Waals surface area contributed by atoms with Crippen LogP contribution in [0.5, 0.6) is 0 Å². The summed E-state index contributed by atoms with van der Waals surface area (Å²) in [5, 5.41) is 13.6. The number of esters is 1. The summed E-state index contributed by atoms with van der Waals surface area (Å²) in [5.74, 6) is -1.35. The number of ether oxygens (including phenoxy) is 1. The Morgan fingerprint density at radius 1 is 1.07 bits per heavy atom. The first-order valence-corrected chi connectivity index (χ1v) is 9.80. The van der Waals surface area contributed by atoms with Gasteiger partial charge in [0.2, 0.25) is 0 Å². The largest absolute Gasteiger partial charge is 0.452 e. The van der Waals surface area contributed by atoms with Crippen molar-refractivity contribution in [2.45, 2.75) is 25.7 Å². The average Bonchev–Trinajstić information content (AvgIpc) is 3.02. The van der Waals surface area contributed by atoms with Crippen LogP contribution in [0.25, 0.3) is 0 Å². The number of benzene rings is 2. The molecule has 2 aromatic rings. The van der Waals surface area contributed by atoms with Gasteiger partial charge in [-0.05, 0) is 49.2 Å². The first kappa shape index (κ1) is 21.1. The monoisotopic (exact) mass is 412 g/mol. The molecule has 9 heteroatoms. The molecule has 0 radical (unpaired) electrons. The quantitative estimate of drug-likeness (QED) is 0.322. The van der Waals surface area contributed by atoms with Gasteiger partial charge in [-0.3, -0.25) is 14.9 Å². The van der Waals surface area contributed by atoms with Gasteiger partial charge in [-0.15, -0.1) is 0 Å². The molecular weight excluding hydrogens is 388 g/mol. The van der Waals surface area contributed by atoms with Gasteiger partial charge in [0.15, 0.2) is 6.61 Å². The van der Waals surface area contributed by atoms with Crippen LogP contribution in [0.1, 0.15) is 36.0 Å². The number of nitro benzene ring substituents is 1. The summed E-state index contributed by atoms with van der Waals surface area (Å²) in [6, 6.07) is 11.1. The number of nitrogens with two attached hydrogens (primary N) is 1. The van der Waals surface area contributed by atoms with Crippen LogP contribution in [0.3, 0.4) is 0 Å². The highest BCUT2D eigenvalue weighted by molar-refractivity contribution is 5.96. The summed E-state index contributed by atoms with van der Waals surface area (Å²) in [4.78, 5) is 36.7. The molecule has 0 aromatic heterocycles. The molecule has 0 bridgehead atoms. The van der Waals surface area contributed by atoms with Crippen molar-refractivity contribution in [2.75, 3.05) is 35.6 Å². The highest BCUT2D eigenvalue weighted by atomic mass is 16.6. The fourth-order valence-electron chi connectivity index (χ4n) is 3.32. The molecule has 3 rings (SSSR count). The third-order valence-corrected chi connectivity index (χ3v) is 4.92. The predicted octanol–water partition coefficient (Wildman–Crippen LogP) is 3.35. The van der Waals surface area contributed by atoms with E-state index in [4.69, 9.17) is 10.5 Å². The van der Waals surface area contributed by atoms with E-state index in [1.807, 2.05) is 24.3 Å². The van der Waals surface area contributed by atoms with Crippen molar-refractivity contribution < 1.29 is 19.2 Å². The Morgan fingerprint density at radius 3 is 2.37 bits per heavy atom. The van der Waals surface area contributed by atoms with Gasteiger partial charge in [0, 0.05) is 30.5 Å². The van der Waals surface area contributed by atoms with Gasteiger partial charge in [-0.1, -0.05) is 12.8 Å². The van der Waals surface area contributed by atoms with Gasteiger partial charge in [0.25, 0.3) is 11.6 Å². The van der Waals surface area contributed by atoms with Crippen LogP contribution in [-0.4, -0.2) is 36.5 Å². The van der Waals surface area contributed by atoms with Crippen molar-refractivity contribution >= 4 is 34.6 Å². The van der Waals surface area contributed by atoms with Gasteiger partial charge in [0.05, 0.1) is 10.5 Å². The van der Waals surface area contributed by atoms with E-state index >= 15 is 0 Å². The number of amides is 1. The number of anilines is 3. The standard InChI is InChI=1S/C21H24N4O5/c22-18-10-5-15(13-19(18)25(28)29)21(27)30-14-20(26)23-16-6-8-17(9-7-16)24-11-3-1-2-4-12-24/h5-10,13H,1-4,11-12,14,22H2,(H,23,26). The van der Waals surface area contributed by atoms with Crippen molar-refractivity contribution in [1.82, 2.24) is 0 Å². The summed E-state index contributed by atoms with van der Waals surface area (Å²) < 4.78 is 4.95. The maximum Gasteiger partial charge on any atom is 0.338 e. The molecule has 1 heterocycles. The fraction of sp³-hybridized carbons (Fsp3) is 0.333. The second-order valence-electron chi connectivity index (χ2n) is 7.10. The third-order valence-electron chi connectivity index (χ3n) is 4.92. The molecule has 1 amide bonds. The molecule has 1 saturated heterocycles. The molecule has 0 saturated carbocycles. The van der Waals surface area contributed by atoms with Crippen LogP contribution >= 0.6 is 0 Å². The summed E-state index contributed by atoms with van der Waals surface area (Å²) in [5.41, 5.74) is 6.72. The van der Waals surface area contributed by atoms with Crippen LogP contribution in [0, 0.1) is 10.1 Å².